The van der Waals surface area contributed by atoms with Gasteiger partial charge in [0.05, 0.1) is 17.9 Å². The summed E-state index contributed by atoms with van der Waals surface area (Å²) in [4.78, 5) is 41.5. The van der Waals surface area contributed by atoms with Crippen LogP contribution in [0.25, 0.3) is 10.8 Å². The zero-order chi connectivity index (χ0) is 18.5. The zero-order valence-electron chi connectivity index (χ0n) is 13.7. The number of primary amides is 1. The third-order valence-electron chi connectivity index (χ3n) is 3.53. The molecular weight excluding hydrogens is 352 g/mol. The minimum absolute atomic E-state index is 0.0617. The first-order chi connectivity index (χ1) is 12.5. The van der Waals surface area contributed by atoms with Crippen molar-refractivity contribution in [3.8, 4) is 0 Å². The van der Waals surface area contributed by atoms with Crippen molar-refractivity contribution in [2.45, 2.75) is 11.6 Å². The Morgan fingerprint density at radius 2 is 1.92 bits per heavy atom. The Bertz CT molecular complexity index is 1030. The van der Waals surface area contributed by atoms with Crippen LogP contribution in [0, 0.1) is 0 Å². The molecule has 2 amide bonds. The molecule has 0 bridgehead atoms. The SMILES string of the molecule is NC(=O)Cc1cc(=O)[nH]c(SCC(=O)Nc2cccc3ccccc23)n1. The predicted molar refractivity (Wildman–Crippen MR) is 101 cm³/mol. The molecule has 0 aliphatic heterocycles. The highest BCUT2D eigenvalue weighted by Crippen LogP contribution is 2.23. The van der Waals surface area contributed by atoms with Crippen LogP contribution in [0.3, 0.4) is 0 Å². The molecule has 0 atom stereocenters. The summed E-state index contributed by atoms with van der Waals surface area (Å²) in [5.74, 6) is -0.742. The third-order valence-corrected chi connectivity index (χ3v) is 4.41. The monoisotopic (exact) mass is 368 g/mol. The summed E-state index contributed by atoms with van der Waals surface area (Å²) in [7, 11) is 0. The second-order valence-electron chi connectivity index (χ2n) is 5.55. The van der Waals surface area contributed by atoms with Crippen molar-refractivity contribution in [1.82, 2.24) is 9.97 Å². The molecule has 132 valence electrons. The first-order valence-corrected chi connectivity index (χ1v) is 8.79. The van der Waals surface area contributed by atoms with E-state index >= 15 is 0 Å². The Labute approximate surface area is 153 Å². The van der Waals surface area contributed by atoms with E-state index in [4.69, 9.17) is 5.73 Å². The normalized spacial score (nSPS) is 10.6. The lowest BCUT2D eigenvalue weighted by molar-refractivity contribution is -0.117. The smallest absolute Gasteiger partial charge is 0.251 e. The standard InChI is InChI=1S/C18H16N4O3S/c19-15(23)8-12-9-16(24)22-18(20-12)26-10-17(25)21-14-7-3-5-11-4-1-2-6-13(11)14/h1-7,9H,8,10H2,(H2,19,23)(H,21,25)(H,20,22,24). The van der Waals surface area contributed by atoms with Crippen molar-refractivity contribution < 1.29 is 9.59 Å². The number of rotatable bonds is 6. The molecule has 0 saturated heterocycles. The summed E-state index contributed by atoms with van der Waals surface area (Å²) in [5, 5.41) is 5.11. The minimum Gasteiger partial charge on any atom is -0.369 e. The molecule has 0 aliphatic rings. The van der Waals surface area contributed by atoms with Crippen LogP contribution < -0.4 is 16.6 Å². The topological polar surface area (TPSA) is 118 Å². The number of anilines is 1. The average Bonchev–Trinajstić information content (AvgIpc) is 2.59. The van der Waals surface area contributed by atoms with Gasteiger partial charge in [0.1, 0.15) is 0 Å². The Balaban J connectivity index is 1.68. The zero-order valence-corrected chi connectivity index (χ0v) is 14.5. The number of carbonyl (C=O) groups is 2. The summed E-state index contributed by atoms with van der Waals surface area (Å²) in [5.41, 5.74) is 5.72. The molecule has 4 N–H and O–H groups in total. The average molecular weight is 368 g/mol. The van der Waals surface area contributed by atoms with Crippen LogP contribution in [0.15, 0.2) is 58.5 Å². The number of aromatic amines is 1. The molecule has 0 spiro atoms. The van der Waals surface area contributed by atoms with Gasteiger partial charge in [-0.1, -0.05) is 48.2 Å². The van der Waals surface area contributed by atoms with Gasteiger partial charge < -0.3 is 16.0 Å². The lowest BCUT2D eigenvalue weighted by Gasteiger charge is -2.08. The van der Waals surface area contributed by atoms with Gasteiger partial charge in [0.15, 0.2) is 5.16 Å². The minimum atomic E-state index is -0.576. The predicted octanol–water partition coefficient (Wildman–Crippen LogP) is 1.68. The highest BCUT2D eigenvalue weighted by molar-refractivity contribution is 7.99. The lowest BCUT2D eigenvalue weighted by Crippen LogP contribution is -2.19. The van der Waals surface area contributed by atoms with Gasteiger partial charge in [-0.15, -0.1) is 0 Å². The van der Waals surface area contributed by atoms with E-state index in [2.05, 4.69) is 15.3 Å². The van der Waals surface area contributed by atoms with Gasteiger partial charge in [-0.3, -0.25) is 14.4 Å². The van der Waals surface area contributed by atoms with E-state index in [1.54, 1.807) is 0 Å². The van der Waals surface area contributed by atoms with Crippen molar-refractivity contribution in [2.24, 2.45) is 5.73 Å². The van der Waals surface area contributed by atoms with Crippen LogP contribution >= 0.6 is 11.8 Å². The number of nitrogens with two attached hydrogens (primary N) is 1. The molecule has 1 aromatic heterocycles. The number of hydrogen-bond acceptors (Lipinski definition) is 5. The maximum atomic E-state index is 12.3. The largest absolute Gasteiger partial charge is 0.369 e. The number of nitrogens with one attached hydrogen (secondary N) is 2. The number of amides is 2. The molecule has 0 radical (unpaired) electrons. The van der Waals surface area contributed by atoms with Gasteiger partial charge in [-0.05, 0) is 11.5 Å². The van der Waals surface area contributed by atoms with Crippen LogP contribution in [0.4, 0.5) is 5.69 Å². The van der Waals surface area contributed by atoms with Gasteiger partial charge in [0.25, 0.3) is 5.56 Å². The maximum Gasteiger partial charge on any atom is 0.251 e. The molecule has 0 aliphatic carbocycles. The third kappa shape index (κ3) is 4.48. The Morgan fingerprint density at radius 1 is 1.15 bits per heavy atom. The van der Waals surface area contributed by atoms with Gasteiger partial charge in [0, 0.05) is 17.1 Å². The second kappa shape index (κ2) is 7.83. The van der Waals surface area contributed by atoms with E-state index in [0.29, 0.717) is 0 Å². The van der Waals surface area contributed by atoms with E-state index in [9.17, 15) is 14.4 Å². The molecule has 3 aromatic rings. The summed E-state index contributed by atoms with van der Waals surface area (Å²) in [6, 6.07) is 14.6. The lowest BCUT2D eigenvalue weighted by atomic mass is 10.1. The molecule has 0 unspecified atom stereocenters. The van der Waals surface area contributed by atoms with Crippen molar-refractivity contribution in [3.63, 3.8) is 0 Å². The quantitative estimate of drug-likeness (QED) is 0.452. The number of aromatic nitrogens is 2. The fourth-order valence-electron chi connectivity index (χ4n) is 2.48. The fraction of sp³-hybridized carbons (Fsp3) is 0.111. The van der Waals surface area contributed by atoms with Gasteiger partial charge in [-0.2, -0.15) is 0 Å². The Kier molecular flexibility index (Phi) is 5.33. The Morgan fingerprint density at radius 3 is 2.73 bits per heavy atom. The molecule has 26 heavy (non-hydrogen) atoms. The first-order valence-electron chi connectivity index (χ1n) is 7.80. The highest BCUT2D eigenvalue weighted by Gasteiger charge is 2.09. The molecule has 2 aromatic carbocycles. The van der Waals surface area contributed by atoms with E-state index in [0.717, 1.165) is 28.2 Å². The Hall–Kier alpha value is -3.13. The number of thioether (sulfide) groups is 1. The number of nitrogens with zero attached hydrogens (tertiary/aromatic N) is 1. The highest BCUT2D eigenvalue weighted by atomic mass is 32.2. The fourth-order valence-corrected chi connectivity index (χ4v) is 3.17. The van der Waals surface area contributed by atoms with Crippen LogP contribution in [0.5, 0.6) is 0 Å². The van der Waals surface area contributed by atoms with E-state index < -0.39 is 11.5 Å². The maximum absolute atomic E-state index is 12.3. The number of carbonyl (C=O) groups excluding carboxylic acids is 2. The number of H-pyrrole nitrogens is 1. The number of hydrogen-bond donors (Lipinski definition) is 3. The van der Waals surface area contributed by atoms with Gasteiger partial charge >= 0.3 is 0 Å². The summed E-state index contributed by atoms with van der Waals surface area (Å²) in [6.45, 7) is 0. The van der Waals surface area contributed by atoms with Crippen molar-refractivity contribution in [3.05, 3.63) is 64.6 Å². The molecule has 0 fully saturated rings. The van der Waals surface area contributed by atoms with Crippen LogP contribution in [-0.2, 0) is 16.0 Å². The summed E-state index contributed by atoms with van der Waals surface area (Å²) < 4.78 is 0. The van der Waals surface area contributed by atoms with E-state index in [1.807, 2.05) is 42.5 Å². The van der Waals surface area contributed by atoms with Crippen LogP contribution in [0.2, 0.25) is 0 Å². The second-order valence-corrected chi connectivity index (χ2v) is 6.51. The molecule has 3 rings (SSSR count). The van der Waals surface area contributed by atoms with Crippen LogP contribution in [0.1, 0.15) is 5.69 Å². The molecule has 0 saturated carbocycles. The molecule has 8 heteroatoms. The van der Waals surface area contributed by atoms with Crippen molar-refractivity contribution in [1.29, 1.82) is 0 Å². The molecular formula is C18H16N4O3S. The van der Waals surface area contributed by atoms with Gasteiger partial charge in [0.2, 0.25) is 11.8 Å². The number of fused-ring (bicyclic) bond motifs is 1. The van der Waals surface area contributed by atoms with E-state index in [1.165, 1.54) is 6.07 Å². The molecule has 1 heterocycles. The molecule has 7 nitrogen and oxygen atoms in total. The van der Waals surface area contributed by atoms with Crippen LogP contribution in [-0.4, -0.2) is 27.5 Å². The van der Waals surface area contributed by atoms with Gasteiger partial charge in [-0.25, -0.2) is 4.98 Å². The first kappa shape index (κ1) is 17.7. The van der Waals surface area contributed by atoms with Crippen molar-refractivity contribution in [2.75, 3.05) is 11.1 Å². The summed E-state index contributed by atoms with van der Waals surface area (Å²) in [6.07, 6.45) is -0.125. The van der Waals surface area contributed by atoms with Crippen molar-refractivity contribution >= 4 is 40.0 Å². The number of benzene rings is 2. The van der Waals surface area contributed by atoms with E-state index in [-0.39, 0.29) is 28.9 Å². The summed E-state index contributed by atoms with van der Waals surface area (Å²) >= 11 is 1.08.